The van der Waals surface area contributed by atoms with Gasteiger partial charge in [-0.1, -0.05) is 42.1 Å². The van der Waals surface area contributed by atoms with E-state index in [-0.39, 0.29) is 17.7 Å². The molecule has 0 saturated carbocycles. The summed E-state index contributed by atoms with van der Waals surface area (Å²) in [6.45, 7) is 6.28. The minimum Gasteiger partial charge on any atom is -0.339 e. The van der Waals surface area contributed by atoms with Crippen molar-refractivity contribution in [3.8, 4) is 12.1 Å². The highest BCUT2D eigenvalue weighted by Gasteiger charge is 2.27. The van der Waals surface area contributed by atoms with Gasteiger partial charge < -0.3 is 4.90 Å². The van der Waals surface area contributed by atoms with Crippen molar-refractivity contribution in [2.45, 2.75) is 24.9 Å². The standard InChI is InChI=1S/C22H23N5OS/c1-16-12-17(2)25-22(19(16)13-23)29-15-21(28)27-10-8-26(9-11-27)20(14-24)18-6-4-3-5-7-18/h3-7,12,20H,8-11,15H2,1-2H3. The molecule has 1 fully saturated rings. The van der Waals surface area contributed by atoms with E-state index in [1.165, 1.54) is 11.8 Å². The number of piperazine rings is 1. The number of hydrogen-bond acceptors (Lipinski definition) is 6. The minimum atomic E-state index is -0.291. The molecule has 1 unspecified atom stereocenters. The van der Waals surface area contributed by atoms with E-state index in [1.54, 1.807) is 0 Å². The van der Waals surface area contributed by atoms with Gasteiger partial charge in [0.15, 0.2) is 0 Å². The summed E-state index contributed by atoms with van der Waals surface area (Å²) in [5, 5.41) is 19.6. The van der Waals surface area contributed by atoms with Crippen LogP contribution in [0.25, 0.3) is 0 Å². The molecule has 2 aromatic rings. The maximum Gasteiger partial charge on any atom is 0.233 e. The topological polar surface area (TPSA) is 84.0 Å². The van der Waals surface area contributed by atoms with Crippen LogP contribution in [0.15, 0.2) is 41.4 Å². The Morgan fingerprint density at radius 2 is 1.86 bits per heavy atom. The van der Waals surface area contributed by atoms with Crippen molar-refractivity contribution in [3.63, 3.8) is 0 Å². The highest BCUT2D eigenvalue weighted by molar-refractivity contribution is 8.00. The normalized spacial score (nSPS) is 15.4. The zero-order valence-electron chi connectivity index (χ0n) is 16.6. The third-order valence-electron chi connectivity index (χ3n) is 5.03. The second-order valence-corrected chi connectivity index (χ2v) is 7.98. The van der Waals surface area contributed by atoms with E-state index in [9.17, 15) is 15.3 Å². The Balaban J connectivity index is 1.57. The van der Waals surface area contributed by atoms with Gasteiger partial charge in [0.1, 0.15) is 17.1 Å². The van der Waals surface area contributed by atoms with Crippen LogP contribution in [-0.2, 0) is 4.79 Å². The Kier molecular flexibility index (Phi) is 6.87. The first-order valence-corrected chi connectivity index (χ1v) is 10.5. The van der Waals surface area contributed by atoms with Crippen molar-refractivity contribution >= 4 is 17.7 Å². The Morgan fingerprint density at radius 1 is 1.17 bits per heavy atom. The fourth-order valence-electron chi connectivity index (χ4n) is 3.50. The molecule has 6 nitrogen and oxygen atoms in total. The van der Waals surface area contributed by atoms with Crippen LogP contribution < -0.4 is 0 Å². The quantitative estimate of drug-likeness (QED) is 0.711. The summed E-state index contributed by atoms with van der Waals surface area (Å²) in [4.78, 5) is 21.0. The van der Waals surface area contributed by atoms with Crippen LogP contribution in [0.5, 0.6) is 0 Å². The summed E-state index contributed by atoms with van der Waals surface area (Å²) in [7, 11) is 0. The predicted molar refractivity (Wildman–Crippen MR) is 112 cm³/mol. The lowest BCUT2D eigenvalue weighted by Gasteiger charge is -2.37. The van der Waals surface area contributed by atoms with Crippen molar-refractivity contribution in [1.82, 2.24) is 14.8 Å². The summed E-state index contributed by atoms with van der Waals surface area (Å²) in [6.07, 6.45) is 0. The zero-order chi connectivity index (χ0) is 20.8. The molecule has 1 amide bonds. The molecule has 1 aliphatic heterocycles. The van der Waals surface area contributed by atoms with E-state index in [1.807, 2.05) is 55.1 Å². The Bertz CT molecular complexity index is 956. The number of hydrogen-bond donors (Lipinski definition) is 0. The SMILES string of the molecule is Cc1cc(C)c(C#N)c(SCC(=O)N2CCN(C(C#N)c3ccccc3)CC2)n1. The number of benzene rings is 1. The largest absolute Gasteiger partial charge is 0.339 e. The monoisotopic (exact) mass is 405 g/mol. The first-order valence-electron chi connectivity index (χ1n) is 9.51. The fraction of sp³-hybridized carbons (Fsp3) is 0.364. The Hall–Kier alpha value is -2.87. The van der Waals surface area contributed by atoms with E-state index < -0.39 is 0 Å². The van der Waals surface area contributed by atoms with Gasteiger partial charge in [-0.15, -0.1) is 0 Å². The molecular formula is C22H23N5OS. The van der Waals surface area contributed by atoms with Gasteiger partial charge in [-0.05, 0) is 31.0 Å². The average Bonchev–Trinajstić information content (AvgIpc) is 2.73. The number of thioether (sulfide) groups is 1. The Labute approximate surface area is 175 Å². The van der Waals surface area contributed by atoms with E-state index >= 15 is 0 Å². The first kappa shape index (κ1) is 20.9. The lowest BCUT2D eigenvalue weighted by Crippen LogP contribution is -2.50. The lowest BCUT2D eigenvalue weighted by atomic mass is 10.1. The number of aryl methyl sites for hydroxylation is 2. The molecule has 1 atom stereocenters. The molecule has 0 spiro atoms. The van der Waals surface area contributed by atoms with Crippen LogP contribution in [0.1, 0.15) is 28.4 Å². The number of amides is 1. The molecule has 1 aromatic carbocycles. The van der Waals surface area contributed by atoms with Gasteiger partial charge in [-0.3, -0.25) is 9.69 Å². The van der Waals surface area contributed by atoms with Gasteiger partial charge >= 0.3 is 0 Å². The zero-order valence-corrected chi connectivity index (χ0v) is 17.4. The maximum atomic E-state index is 12.7. The number of rotatable bonds is 5. The van der Waals surface area contributed by atoms with Crippen molar-refractivity contribution < 1.29 is 4.79 Å². The lowest BCUT2D eigenvalue weighted by molar-refractivity contribution is -0.130. The molecule has 0 bridgehead atoms. The molecular weight excluding hydrogens is 382 g/mol. The van der Waals surface area contributed by atoms with Crippen LogP contribution >= 0.6 is 11.8 Å². The van der Waals surface area contributed by atoms with Gasteiger partial charge in [0.2, 0.25) is 5.91 Å². The highest BCUT2D eigenvalue weighted by atomic mass is 32.2. The molecule has 2 heterocycles. The molecule has 148 valence electrons. The maximum absolute atomic E-state index is 12.7. The number of carbonyl (C=O) groups excluding carboxylic acids is 1. The van der Waals surface area contributed by atoms with Crippen LogP contribution in [0.2, 0.25) is 0 Å². The fourth-order valence-corrected chi connectivity index (χ4v) is 4.50. The van der Waals surface area contributed by atoms with Crippen LogP contribution in [0.3, 0.4) is 0 Å². The molecule has 29 heavy (non-hydrogen) atoms. The third-order valence-corrected chi connectivity index (χ3v) is 5.99. The van der Waals surface area contributed by atoms with Gasteiger partial charge in [-0.25, -0.2) is 4.98 Å². The molecule has 1 saturated heterocycles. The summed E-state index contributed by atoms with van der Waals surface area (Å²) in [5.41, 5.74) is 3.24. The number of carbonyl (C=O) groups is 1. The average molecular weight is 406 g/mol. The molecule has 1 aromatic heterocycles. The smallest absolute Gasteiger partial charge is 0.233 e. The van der Waals surface area contributed by atoms with Crippen LogP contribution in [-0.4, -0.2) is 52.6 Å². The number of aromatic nitrogens is 1. The number of nitriles is 2. The summed E-state index contributed by atoms with van der Waals surface area (Å²) < 4.78 is 0. The van der Waals surface area contributed by atoms with E-state index in [0.717, 1.165) is 16.8 Å². The van der Waals surface area contributed by atoms with E-state index in [0.29, 0.717) is 36.8 Å². The van der Waals surface area contributed by atoms with Gasteiger partial charge in [0, 0.05) is 31.9 Å². The minimum absolute atomic E-state index is 0.0349. The molecule has 1 aliphatic rings. The first-order chi connectivity index (χ1) is 14.0. The van der Waals surface area contributed by atoms with Gasteiger partial charge in [0.25, 0.3) is 0 Å². The summed E-state index contributed by atoms with van der Waals surface area (Å²) >= 11 is 1.32. The molecule has 0 N–H and O–H groups in total. The Morgan fingerprint density at radius 3 is 2.48 bits per heavy atom. The second kappa shape index (κ2) is 9.56. The molecule has 0 radical (unpaired) electrons. The summed E-state index contributed by atoms with van der Waals surface area (Å²) in [5.74, 6) is 0.290. The number of pyridine rings is 1. The second-order valence-electron chi connectivity index (χ2n) is 7.02. The molecule has 3 rings (SSSR count). The molecule has 0 aliphatic carbocycles. The van der Waals surface area contributed by atoms with Crippen molar-refractivity contribution in [1.29, 1.82) is 10.5 Å². The van der Waals surface area contributed by atoms with Crippen LogP contribution in [0.4, 0.5) is 0 Å². The summed E-state index contributed by atoms with van der Waals surface area (Å²) in [6, 6.07) is 15.9. The predicted octanol–water partition coefficient (Wildman–Crippen LogP) is 3.07. The van der Waals surface area contributed by atoms with Gasteiger partial charge in [0.05, 0.1) is 17.4 Å². The van der Waals surface area contributed by atoms with Crippen molar-refractivity contribution in [2.75, 3.05) is 31.9 Å². The van der Waals surface area contributed by atoms with Crippen molar-refractivity contribution in [3.05, 3.63) is 58.8 Å². The van der Waals surface area contributed by atoms with E-state index in [4.69, 9.17) is 0 Å². The third kappa shape index (κ3) is 4.95. The van der Waals surface area contributed by atoms with Crippen LogP contribution in [0, 0.1) is 36.5 Å². The highest BCUT2D eigenvalue weighted by Crippen LogP contribution is 2.25. The molecule has 7 heteroatoms. The number of nitrogens with zero attached hydrogens (tertiary/aromatic N) is 5. The van der Waals surface area contributed by atoms with Crippen molar-refractivity contribution in [2.24, 2.45) is 0 Å². The van der Waals surface area contributed by atoms with Gasteiger partial charge in [-0.2, -0.15) is 10.5 Å². The van der Waals surface area contributed by atoms with E-state index in [2.05, 4.69) is 22.0 Å².